The summed E-state index contributed by atoms with van der Waals surface area (Å²) in [4.78, 5) is 14.6. The Morgan fingerprint density at radius 1 is 1.20 bits per heavy atom. The van der Waals surface area contributed by atoms with Gasteiger partial charge in [-0.1, -0.05) is 0 Å². The Kier molecular flexibility index (Phi) is 5.68. The van der Waals surface area contributed by atoms with Gasteiger partial charge in [0.05, 0.1) is 0 Å². The van der Waals surface area contributed by atoms with Gasteiger partial charge in [-0.3, -0.25) is 4.79 Å². The van der Waals surface area contributed by atoms with E-state index in [1.807, 2.05) is 19.0 Å². The van der Waals surface area contributed by atoms with Crippen LogP contribution in [0.5, 0.6) is 0 Å². The first kappa shape index (κ1) is 16.6. The number of benzene rings is 1. The van der Waals surface area contributed by atoms with E-state index < -0.39 is 18.6 Å². The van der Waals surface area contributed by atoms with Crippen molar-refractivity contribution in [3.63, 3.8) is 0 Å². The first-order chi connectivity index (χ1) is 9.24. The normalized spacial score (nSPS) is 11.3. The van der Waals surface area contributed by atoms with Gasteiger partial charge in [0.1, 0.15) is 6.54 Å². The van der Waals surface area contributed by atoms with Crippen molar-refractivity contribution >= 4 is 23.2 Å². The number of amides is 1. The molecule has 0 fully saturated rings. The summed E-state index contributed by atoms with van der Waals surface area (Å²) in [7, 11) is 3.67. The maximum absolute atomic E-state index is 12.4. The summed E-state index contributed by atoms with van der Waals surface area (Å²) in [6, 6.07) is 6.38. The van der Waals surface area contributed by atoms with E-state index >= 15 is 0 Å². The number of carbonyl (C=O) groups excluding carboxylic acids is 1. The first-order valence-corrected chi connectivity index (χ1v) is 6.47. The average molecular weight is 309 g/mol. The van der Waals surface area contributed by atoms with Gasteiger partial charge >= 0.3 is 6.18 Å². The molecule has 7 heteroatoms. The fourth-order valence-corrected chi connectivity index (χ4v) is 1.86. The van der Waals surface area contributed by atoms with Gasteiger partial charge in [0.2, 0.25) is 0 Å². The van der Waals surface area contributed by atoms with Crippen molar-refractivity contribution in [2.45, 2.75) is 6.18 Å². The van der Waals surface area contributed by atoms with E-state index in [4.69, 9.17) is 11.6 Å². The zero-order chi connectivity index (χ0) is 15.3. The topological polar surface area (TPSA) is 23.6 Å². The molecule has 0 N–H and O–H groups in total. The Morgan fingerprint density at radius 2 is 1.75 bits per heavy atom. The predicted molar refractivity (Wildman–Crippen MR) is 73.4 cm³/mol. The van der Waals surface area contributed by atoms with E-state index in [9.17, 15) is 18.0 Å². The van der Waals surface area contributed by atoms with Gasteiger partial charge in [0.15, 0.2) is 0 Å². The van der Waals surface area contributed by atoms with Crippen LogP contribution in [0.25, 0.3) is 0 Å². The third-order valence-electron chi connectivity index (χ3n) is 2.64. The molecule has 0 aliphatic heterocycles. The average Bonchev–Trinajstić information content (AvgIpc) is 2.36. The van der Waals surface area contributed by atoms with Gasteiger partial charge in [-0.2, -0.15) is 13.2 Å². The van der Waals surface area contributed by atoms with Crippen LogP contribution in [0.2, 0.25) is 0 Å². The van der Waals surface area contributed by atoms with Crippen LogP contribution < -0.4 is 4.90 Å². The number of alkyl halides is 4. The third-order valence-corrected chi connectivity index (χ3v) is 2.81. The molecule has 0 saturated carbocycles. The van der Waals surface area contributed by atoms with Crippen molar-refractivity contribution in [1.29, 1.82) is 0 Å². The van der Waals surface area contributed by atoms with Crippen LogP contribution in [0.1, 0.15) is 10.4 Å². The molecule has 0 spiro atoms. The van der Waals surface area contributed by atoms with Crippen molar-refractivity contribution in [3.8, 4) is 0 Å². The van der Waals surface area contributed by atoms with E-state index in [2.05, 4.69) is 0 Å². The van der Waals surface area contributed by atoms with E-state index in [1.165, 1.54) is 12.1 Å². The molecule has 0 radical (unpaired) electrons. The summed E-state index contributed by atoms with van der Waals surface area (Å²) in [5.74, 6) is -0.717. The second-order valence-corrected chi connectivity index (χ2v) is 4.85. The maximum Gasteiger partial charge on any atom is 0.406 e. The molecule has 112 valence electrons. The number of anilines is 1. The highest BCUT2D eigenvalue weighted by Crippen LogP contribution is 2.19. The van der Waals surface area contributed by atoms with E-state index in [0.717, 1.165) is 5.69 Å². The molecule has 0 unspecified atom stereocenters. The summed E-state index contributed by atoms with van der Waals surface area (Å²) in [5, 5.41) is 0. The maximum atomic E-state index is 12.4. The predicted octanol–water partition coefficient (Wildman–Crippen LogP) is 3.00. The minimum absolute atomic E-state index is 0.0440. The molecule has 0 aliphatic carbocycles. The van der Waals surface area contributed by atoms with Gasteiger partial charge in [-0.05, 0) is 24.3 Å². The highest BCUT2D eigenvalue weighted by Gasteiger charge is 2.33. The number of hydrogen-bond acceptors (Lipinski definition) is 2. The number of halogens is 4. The summed E-state index contributed by atoms with van der Waals surface area (Å²) >= 11 is 5.46. The summed E-state index contributed by atoms with van der Waals surface area (Å²) in [5.41, 5.74) is 1.08. The fourth-order valence-electron chi connectivity index (χ4n) is 1.66. The molecular weight excluding hydrogens is 293 g/mol. The van der Waals surface area contributed by atoms with Crippen LogP contribution in [0.4, 0.5) is 18.9 Å². The first-order valence-electron chi connectivity index (χ1n) is 5.94. The SMILES string of the molecule is CN(C)c1ccc(C(=O)N(CCCl)CC(F)(F)F)cc1. The van der Waals surface area contributed by atoms with Crippen molar-refractivity contribution in [2.24, 2.45) is 0 Å². The Bertz CT molecular complexity index is 446. The van der Waals surface area contributed by atoms with Gasteiger partial charge in [0, 0.05) is 37.8 Å². The molecule has 1 aromatic carbocycles. The van der Waals surface area contributed by atoms with Crippen molar-refractivity contribution < 1.29 is 18.0 Å². The lowest BCUT2D eigenvalue weighted by Crippen LogP contribution is -2.40. The van der Waals surface area contributed by atoms with Gasteiger partial charge in [-0.15, -0.1) is 11.6 Å². The monoisotopic (exact) mass is 308 g/mol. The zero-order valence-corrected chi connectivity index (χ0v) is 12.0. The summed E-state index contributed by atoms with van der Waals surface area (Å²) in [6.45, 7) is -1.44. The minimum Gasteiger partial charge on any atom is -0.378 e. The van der Waals surface area contributed by atoms with Crippen LogP contribution in [0.15, 0.2) is 24.3 Å². The van der Waals surface area contributed by atoms with Gasteiger partial charge in [0.25, 0.3) is 5.91 Å². The second-order valence-electron chi connectivity index (χ2n) is 4.47. The van der Waals surface area contributed by atoms with Gasteiger partial charge < -0.3 is 9.80 Å². The van der Waals surface area contributed by atoms with Crippen molar-refractivity contribution in [2.75, 3.05) is 38.0 Å². The molecule has 3 nitrogen and oxygen atoms in total. The standard InChI is InChI=1S/C13H16ClF3N2O/c1-18(2)11-5-3-10(4-6-11)12(20)19(8-7-14)9-13(15,16)17/h3-6H,7-9H2,1-2H3. The molecule has 0 heterocycles. The molecule has 20 heavy (non-hydrogen) atoms. The molecule has 0 aromatic heterocycles. The smallest absolute Gasteiger partial charge is 0.378 e. The van der Waals surface area contributed by atoms with E-state index in [-0.39, 0.29) is 18.0 Å². The molecule has 1 amide bonds. The quantitative estimate of drug-likeness (QED) is 0.781. The molecular formula is C13H16ClF3N2O. The molecule has 1 rings (SSSR count). The Labute approximate surface area is 120 Å². The highest BCUT2D eigenvalue weighted by atomic mass is 35.5. The molecule has 0 bridgehead atoms. The second kappa shape index (κ2) is 6.83. The lowest BCUT2D eigenvalue weighted by molar-refractivity contribution is -0.140. The number of rotatable bonds is 5. The minimum atomic E-state index is -4.44. The Hall–Kier alpha value is -1.43. The molecule has 0 aliphatic rings. The van der Waals surface area contributed by atoms with Crippen molar-refractivity contribution in [1.82, 2.24) is 4.90 Å². The molecule has 0 atom stereocenters. The van der Waals surface area contributed by atoms with Gasteiger partial charge in [-0.25, -0.2) is 0 Å². The van der Waals surface area contributed by atoms with Crippen LogP contribution in [0, 0.1) is 0 Å². The largest absolute Gasteiger partial charge is 0.406 e. The fraction of sp³-hybridized carbons (Fsp3) is 0.462. The lowest BCUT2D eigenvalue weighted by atomic mass is 10.1. The Balaban J connectivity index is 2.88. The molecule has 1 aromatic rings. The number of nitrogens with zero attached hydrogens (tertiary/aromatic N) is 2. The van der Waals surface area contributed by atoms with E-state index in [0.29, 0.717) is 4.90 Å². The Morgan fingerprint density at radius 3 is 2.15 bits per heavy atom. The van der Waals surface area contributed by atoms with Crippen LogP contribution in [0.3, 0.4) is 0 Å². The van der Waals surface area contributed by atoms with Crippen LogP contribution >= 0.6 is 11.6 Å². The third kappa shape index (κ3) is 4.92. The molecule has 0 saturated heterocycles. The number of hydrogen-bond donors (Lipinski definition) is 0. The highest BCUT2D eigenvalue weighted by molar-refractivity contribution is 6.18. The van der Waals surface area contributed by atoms with Crippen molar-refractivity contribution in [3.05, 3.63) is 29.8 Å². The number of carbonyl (C=O) groups is 1. The lowest BCUT2D eigenvalue weighted by Gasteiger charge is -2.23. The summed E-state index contributed by atoms with van der Waals surface area (Å²) < 4.78 is 37.3. The van der Waals surface area contributed by atoms with Crippen LogP contribution in [-0.4, -0.2) is 50.0 Å². The van der Waals surface area contributed by atoms with Crippen LogP contribution in [-0.2, 0) is 0 Å². The van der Waals surface area contributed by atoms with E-state index in [1.54, 1.807) is 12.1 Å². The summed E-state index contributed by atoms with van der Waals surface area (Å²) in [6.07, 6.45) is -4.44. The zero-order valence-electron chi connectivity index (χ0n) is 11.2.